The normalized spacial score (nSPS) is 10.3. The predicted octanol–water partition coefficient (Wildman–Crippen LogP) is 4.52. The molecule has 0 spiro atoms. The monoisotopic (exact) mass is 344 g/mol. The number of carbonyl (C=O) groups is 1. The lowest BCUT2D eigenvalue weighted by Crippen LogP contribution is -2.21. The summed E-state index contributed by atoms with van der Waals surface area (Å²) in [6, 6.07) is 13.5. The summed E-state index contributed by atoms with van der Waals surface area (Å²) in [4.78, 5) is 15.8. The number of hydrogen-bond acceptors (Lipinski definition) is 4. The van der Waals surface area contributed by atoms with Crippen LogP contribution in [-0.4, -0.2) is 32.4 Å². The van der Waals surface area contributed by atoms with Crippen LogP contribution in [-0.2, 0) is 0 Å². The van der Waals surface area contributed by atoms with Gasteiger partial charge in [-0.15, -0.1) is 11.8 Å². The van der Waals surface area contributed by atoms with Crippen LogP contribution in [0.5, 0.6) is 5.75 Å². The molecule has 0 aromatic heterocycles. The van der Waals surface area contributed by atoms with Crippen molar-refractivity contribution in [2.24, 2.45) is 0 Å². The van der Waals surface area contributed by atoms with Crippen molar-refractivity contribution < 1.29 is 9.53 Å². The molecule has 5 heteroatoms. The van der Waals surface area contributed by atoms with Gasteiger partial charge < -0.3 is 15.0 Å². The molecule has 128 valence electrons. The highest BCUT2D eigenvalue weighted by Gasteiger charge is 2.13. The van der Waals surface area contributed by atoms with Gasteiger partial charge in [0, 0.05) is 29.4 Å². The number of carbonyl (C=O) groups excluding carboxylic acids is 1. The fourth-order valence-electron chi connectivity index (χ4n) is 2.53. The van der Waals surface area contributed by atoms with Crippen molar-refractivity contribution in [2.45, 2.75) is 18.7 Å². The summed E-state index contributed by atoms with van der Waals surface area (Å²) in [6.45, 7) is 6.18. The number of anilines is 2. The third-order valence-electron chi connectivity index (χ3n) is 3.91. The molecule has 0 unspecified atom stereocenters. The van der Waals surface area contributed by atoms with Crippen molar-refractivity contribution >= 4 is 29.0 Å². The molecular formula is C19H24N2O2S. The van der Waals surface area contributed by atoms with E-state index in [0.717, 1.165) is 29.4 Å². The predicted molar refractivity (Wildman–Crippen MR) is 103 cm³/mol. The number of rotatable bonds is 7. The molecule has 24 heavy (non-hydrogen) atoms. The Labute approximate surface area is 148 Å². The van der Waals surface area contributed by atoms with Crippen molar-refractivity contribution in [1.29, 1.82) is 0 Å². The summed E-state index contributed by atoms with van der Waals surface area (Å²) in [5.74, 6) is 0.411. The van der Waals surface area contributed by atoms with Gasteiger partial charge in [-0.05, 0) is 62.6 Å². The number of nitrogens with zero attached hydrogens (tertiary/aromatic N) is 1. The molecule has 0 bridgehead atoms. The molecule has 2 aromatic rings. The van der Waals surface area contributed by atoms with Gasteiger partial charge in [0.2, 0.25) is 0 Å². The molecule has 1 N–H and O–H groups in total. The van der Waals surface area contributed by atoms with E-state index >= 15 is 0 Å². The summed E-state index contributed by atoms with van der Waals surface area (Å²) in [5.41, 5.74) is 2.45. The Kier molecular flexibility index (Phi) is 6.55. The molecule has 0 heterocycles. The van der Waals surface area contributed by atoms with E-state index in [9.17, 15) is 4.79 Å². The molecule has 0 aliphatic rings. The third-order valence-corrected chi connectivity index (χ3v) is 4.63. The van der Waals surface area contributed by atoms with Gasteiger partial charge in [0.1, 0.15) is 5.75 Å². The zero-order chi connectivity index (χ0) is 17.5. The van der Waals surface area contributed by atoms with Crippen LogP contribution in [0.4, 0.5) is 11.4 Å². The van der Waals surface area contributed by atoms with Gasteiger partial charge in [-0.3, -0.25) is 4.79 Å². The Bertz CT molecular complexity index is 682. The van der Waals surface area contributed by atoms with Crippen LogP contribution in [0.1, 0.15) is 24.2 Å². The molecule has 2 rings (SSSR count). The first-order valence-electron chi connectivity index (χ1n) is 8.01. The zero-order valence-corrected chi connectivity index (χ0v) is 15.4. The highest BCUT2D eigenvalue weighted by molar-refractivity contribution is 7.98. The van der Waals surface area contributed by atoms with E-state index in [2.05, 4.69) is 24.1 Å². The number of thioether (sulfide) groups is 1. The maximum atomic E-state index is 12.5. The van der Waals surface area contributed by atoms with Crippen molar-refractivity contribution in [3.05, 3.63) is 48.0 Å². The molecule has 1 amide bonds. The standard InChI is InChI=1S/C19H24N2O2S/c1-5-21(6-2)15-9-7-14(8-10-15)20-19(22)17-12-11-16(24-4)13-18(17)23-3/h7-13H,5-6H2,1-4H3,(H,20,22). The second-order valence-corrected chi connectivity index (χ2v) is 6.12. The van der Waals surface area contributed by atoms with Crippen molar-refractivity contribution in [2.75, 3.05) is 36.7 Å². The zero-order valence-electron chi connectivity index (χ0n) is 14.6. The lowest BCUT2D eigenvalue weighted by atomic mass is 10.1. The van der Waals surface area contributed by atoms with Crippen LogP contribution >= 0.6 is 11.8 Å². The molecule has 0 aliphatic heterocycles. The first kappa shape index (κ1) is 18.2. The van der Waals surface area contributed by atoms with Gasteiger partial charge in [-0.1, -0.05) is 0 Å². The molecule has 0 aliphatic carbocycles. The minimum Gasteiger partial charge on any atom is -0.496 e. The second-order valence-electron chi connectivity index (χ2n) is 5.24. The topological polar surface area (TPSA) is 41.6 Å². The fraction of sp³-hybridized carbons (Fsp3) is 0.316. The summed E-state index contributed by atoms with van der Waals surface area (Å²) >= 11 is 1.61. The lowest BCUT2D eigenvalue weighted by molar-refractivity contribution is 0.102. The van der Waals surface area contributed by atoms with Crippen LogP contribution in [0.25, 0.3) is 0 Å². The number of methoxy groups -OCH3 is 1. The van der Waals surface area contributed by atoms with Crippen LogP contribution in [0, 0.1) is 0 Å². The Morgan fingerprint density at radius 1 is 1.12 bits per heavy atom. The van der Waals surface area contributed by atoms with E-state index in [-0.39, 0.29) is 5.91 Å². The number of hydrogen-bond donors (Lipinski definition) is 1. The first-order valence-corrected chi connectivity index (χ1v) is 9.23. The lowest BCUT2D eigenvalue weighted by Gasteiger charge is -2.21. The van der Waals surface area contributed by atoms with E-state index in [0.29, 0.717) is 11.3 Å². The maximum absolute atomic E-state index is 12.5. The van der Waals surface area contributed by atoms with Crippen LogP contribution in [0.2, 0.25) is 0 Å². The number of benzene rings is 2. The van der Waals surface area contributed by atoms with Crippen LogP contribution < -0.4 is 15.0 Å². The first-order chi connectivity index (χ1) is 11.6. The minimum absolute atomic E-state index is 0.171. The SMILES string of the molecule is CCN(CC)c1ccc(NC(=O)c2ccc(SC)cc2OC)cc1. The summed E-state index contributed by atoms with van der Waals surface area (Å²) in [7, 11) is 1.58. The molecular weight excluding hydrogens is 320 g/mol. The molecule has 4 nitrogen and oxygen atoms in total. The Balaban J connectivity index is 2.15. The summed E-state index contributed by atoms with van der Waals surface area (Å²) < 4.78 is 5.35. The number of amides is 1. The van der Waals surface area contributed by atoms with Crippen molar-refractivity contribution in [3.8, 4) is 5.75 Å². The fourth-order valence-corrected chi connectivity index (χ4v) is 2.96. The minimum atomic E-state index is -0.171. The summed E-state index contributed by atoms with van der Waals surface area (Å²) in [5, 5.41) is 2.93. The molecule has 0 radical (unpaired) electrons. The van der Waals surface area contributed by atoms with Gasteiger partial charge >= 0.3 is 0 Å². The van der Waals surface area contributed by atoms with Crippen molar-refractivity contribution in [1.82, 2.24) is 0 Å². The molecule has 0 saturated carbocycles. The quantitative estimate of drug-likeness (QED) is 0.750. The van der Waals surface area contributed by atoms with E-state index in [1.54, 1.807) is 24.9 Å². The number of nitrogens with one attached hydrogen (secondary N) is 1. The largest absolute Gasteiger partial charge is 0.496 e. The molecule has 2 aromatic carbocycles. The van der Waals surface area contributed by atoms with Crippen LogP contribution in [0.15, 0.2) is 47.4 Å². The number of ether oxygens (including phenoxy) is 1. The van der Waals surface area contributed by atoms with Gasteiger partial charge in [0.15, 0.2) is 0 Å². The smallest absolute Gasteiger partial charge is 0.259 e. The highest BCUT2D eigenvalue weighted by Crippen LogP contribution is 2.26. The second kappa shape index (κ2) is 8.64. The van der Waals surface area contributed by atoms with Crippen LogP contribution in [0.3, 0.4) is 0 Å². The highest BCUT2D eigenvalue weighted by atomic mass is 32.2. The Hall–Kier alpha value is -2.14. The Morgan fingerprint density at radius 3 is 2.33 bits per heavy atom. The average Bonchev–Trinajstić information content (AvgIpc) is 2.63. The van der Waals surface area contributed by atoms with Gasteiger partial charge in [-0.2, -0.15) is 0 Å². The average molecular weight is 344 g/mol. The molecule has 0 saturated heterocycles. The summed E-state index contributed by atoms with van der Waals surface area (Å²) in [6.07, 6.45) is 1.99. The Morgan fingerprint density at radius 2 is 1.79 bits per heavy atom. The van der Waals surface area contributed by atoms with E-state index in [1.807, 2.05) is 42.7 Å². The van der Waals surface area contributed by atoms with Crippen molar-refractivity contribution in [3.63, 3.8) is 0 Å². The molecule has 0 atom stereocenters. The van der Waals surface area contributed by atoms with Gasteiger partial charge in [0.25, 0.3) is 5.91 Å². The van der Waals surface area contributed by atoms with Gasteiger partial charge in [0.05, 0.1) is 12.7 Å². The van der Waals surface area contributed by atoms with E-state index in [4.69, 9.17) is 4.74 Å². The maximum Gasteiger partial charge on any atom is 0.259 e. The van der Waals surface area contributed by atoms with E-state index in [1.165, 1.54) is 0 Å². The molecule has 0 fully saturated rings. The van der Waals surface area contributed by atoms with Gasteiger partial charge in [-0.25, -0.2) is 0 Å². The third kappa shape index (κ3) is 4.23. The van der Waals surface area contributed by atoms with E-state index < -0.39 is 0 Å².